The molecular formula is C16H22ClFN2O2. The molecule has 0 radical (unpaired) electrons. The van der Waals surface area contributed by atoms with E-state index in [1.54, 1.807) is 6.07 Å². The van der Waals surface area contributed by atoms with Crippen LogP contribution in [-0.2, 0) is 4.79 Å². The third kappa shape index (κ3) is 4.41. The lowest BCUT2D eigenvalue weighted by Crippen LogP contribution is -2.44. The summed E-state index contributed by atoms with van der Waals surface area (Å²) in [6.45, 7) is 3.61. The van der Waals surface area contributed by atoms with E-state index in [1.807, 2.05) is 4.90 Å². The second-order valence-electron chi connectivity index (χ2n) is 5.88. The molecule has 1 amide bonds. The Labute approximate surface area is 135 Å². The van der Waals surface area contributed by atoms with Gasteiger partial charge < -0.3 is 10.0 Å². The number of aliphatic hydroxyl groups excluding tert-OH is 1. The predicted octanol–water partition coefficient (Wildman–Crippen LogP) is 2.36. The predicted molar refractivity (Wildman–Crippen MR) is 84.2 cm³/mol. The molecule has 2 N–H and O–H groups in total. The van der Waals surface area contributed by atoms with E-state index in [-0.39, 0.29) is 24.1 Å². The first-order valence-electron chi connectivity index (χ1n) is 7.58. The average Bonchev–Trinajstić information content (AvgIpc) is 2.51. The highest BCUT2D eigenvalue weighted by atomic mass is 35.5. The summed E-state index contributed by atoms with van der Waals surface area (Å²) in [7, 11) is 0. The SMILES string of the molecule is C[C@@H]1CCCN(C(=O)CN[C@H](CO)c2ccc(Cl)c(F)c2)C1. The van der Waals surface area contributed by atoms with Crippen molar-refractivity contribution in [2.75, 3.05) is 26.2 Å². The monoisotopic (exact) mass is 328 g/mol. The zero-order chi connectivity index (χ0) is 16.1. The van der Waals surface area contributed by atoms with Crippen molar-refractivity contribution in [1.29, 1.82) is 0 Å². The van der Waals surface area contributed by atoms with Crippen LogP contribution in [0.25, 0.3) is 0 Å². The van der Waals surface area contributed by atoms with Crippen LogP contribution in [0.4, 0.5) is 4.39 Å². The molecule has 0 spiro atoms. The lowest BCUT2D eigenvalue weighted by molar-refractivity contribution is -0.132. The molecule has 0 saturated carbocycles. The van der Waals surface area contributed by atoms with Crippen molar-refractivity contribution in [2.24, 2.45) is 5.92 Å². The topological polar surface area (TPSA) is 52.6 Å². The minimum Gasteiger partial charge on any atom is -0.394 e. The van der Waals surface area contributed by atoms with Crippen LogP contribution in [0, 0.1) is 11.7 Å². The summed E-state index contributed by atoms with van der Waals surface area (Å²) in [5.74, 6) is 0.00624. The zero-order valence-electron chi connectivity index (χ0n) is 12.7. The van der Waals surface area contributed by atoms with E-state index in [0.717, 1.165) is 25.9 Å². The fourth-order valence-corrected chi connectivity index (χ4v) is 2.87. The lowest BCUT2D eigenvalue weighted by Gasteiger charge is -2.31. The Morgan fingerprint density at radius 2 is 2.36 bits per heavy atom. The van der Waals surface area contributed by atoms with Gasteiger partial charge in [-0.3, -0.25) is 10.1 Å². The zero-order valence-corrected chi connectivity index (χ0v) is 13.4. The van der Waals surface area contributed by atoms with Crippen LogP contribution < -0.4 is 5.32 Å². The Hall–Kier alpha value is -1.17. The third-order valence-electron chi connectivity index (χ3n) is 4.04. The van der Waals surface area contributed by atoms with Crippen molar-refractivity contribution in [2.45, 2.75) is 25.8 Å². The number of piperidine rings is 1. The van der Waals surface area contributed by atoms with Gasteiger partial charge >= 0.3 is 0 Å². The van der Waals surface area contributed by atoms with Crippen molar-refractivity contribution in [3.8, 4) is 0 Å². The molecule has 0 aromatic heterocycles. The number of rotatable bonds is 5. The van der Waals surface area contributed by atoms with Crippen LogP contribution in [0.2, 0.25) is 5.02 Å². The second-order valence-corrected chi connectivity index (χ2v) is 6.28. The van der Waals surface area contributed by atoms with E-state index in [9.17, 15) is 14.3 Å². The third-order valence-corrected chi connectivity index (χ3v) is 4.34. The van der Waals surface area contributed by atoms with Gasteiger partial charge in [-0.1, -0.05) is 24.6 Å². The van der Waals surface area contributed by atoms with E-state index < -0.39 is 11.9 Å². The highest BCUT2D eigenvalue weighted by molar-refractivity contribution is 6.30. The minimum atomic E-state index is -0.532. The lowest BCUT2D eigenvalue weighted by atomic mass is 10.0. The Bertz CT molecular complexity index is 527. The molecule has 1 aliphatic rings. The smallest absolute Gasteiger partial charge is 0.236 e. The second kappa shape index (κ2) is 7.90. The fourth-order valence-electron chi connectivity index (χ4n) is 2.76. The van der Waals surface area contributed by atoms with Crippen LogP contribution in [0.3, 0.4) is 0 Å². The molecule has 0 unspecified atom stereocenters. The van der Waals surface area contributed by atoms with Gasteiger partial charge in [0.25, 0.3) is 0 Å². The number of halogens is 2. The molecule has 0 bridgehead atoms. The molecule has 1 heterocycles. The quantitative estimate of drug-likeness (QED) is 0.872. The summed E-state index contributed by atoms with van der Waals surface area (Å²) in [6.07, 6.45) is 2.18. The van der Waals surface area contributed by atoms with E-state index >= 15 is 0 Å². The molecule has 1 aromatic carbocycles. The van der Waals surface area contributed by atoms with E-state index in [4.69, 9.17) is 11.6 Å². The van der Waals surface area contributed by atoms with E-state index in [0.29, 0.717) is 11.5 Å². The van der Waals surface area contributed by atoms with Gasteiger partial charge in [-0.05, 0) is 36.5 Å². The van der Waals surface area contributed by atoms with Crippen LogP contribution in [0.5, 0.6) is 0 Å². The van der Waals surface area contributed by atoms with E-state index in [2.05, 4.69) is 12.2 Å². The molecule has 122 valence electrons. The number of carbonyl (C=O) groups is 1. The van der Waals surface area contributed by atoms with Gasteiger partial charge in [-0.25, -0.2) is 4.39 Å². The molecule has 2 atom stereocenters. The van der Waals surface area contributed by atoms with Gasteiger partial charge in [0, 0.05) is 13.1 Å². The van der Waals surface area contributed by atoms with Crippen molar-refractivity contribution >= 4 is 17.5 Å². The molecule has 0 aliphatic carbocycles. The first kappa shape index (κ1) is 17.2. The van der Waals surface area contributed by atoms with Crippen LogP contribution >= 0.6 is 11.6 Å². The van der Waals surface area contributed by atoms with Crippen LogP contribution in [-0.4, -0.2) is 42.2 Å². The summed E-state index contributed by atoms with van der Waals surface area (Å²) in [6, 6.07) is 3.89. The van der Waals surface area contributed by atoms with Crippen LogP contribution in [0.1, 0.15) is 31.4 Å². The van der Waals surface area contributed by atoms with Crippen molar-refractivity contribution in [3.05, 3.63) is 34.6 Å². The number of nitrogens with zero attached hydrogens (tertiary/aromatic N) is 1. The van der Waals surface area contributed by atoms with Gasteiger partial charge in [0.1, 0.15) is 5.82 Å². The maximum Gasteiger partial charge on any atom is 0.236 e. The summed E-state index contributed by atoms with van der Waals surface area (Å²) >= 11 is 5.65. The molecule has 6 heteroatoms. The Morgan fingerprint density at radius 1 is 1.59 bits per heavy atom. The number of amides is 1. The molecule has 1 saturated heterocycles. The number of hydrogen-bond donors (Lipinski definition) is 2. The first-order valence-corrected chi connectivity index (χ1v) is 7.96. The molecule has 22 heavy (non-hydrogen) atoms. The molecule has 4 nitrogen and oxygen atoms in total. The highest BCUT2D eigenvalue weighted by Gasteiger charge is 2.21. The Balaban J connectivity index is 1.92. The number of likely N-dealkylation sites (tertiary alicyclic amines) is 1. The Morgan fingerprint density at radius 3 is 3.00 bits per heavy atom. The molecule has 2 rings (SSSR count). The summed E-state index contributed by atoms with van der Waals surface area (Å²) in [5.41, 5.74) is 0.573. The largest absolute Gasteiger partial charge is 0.394 e. The van der Waals surface area contributed by atoms with Crippen molar-refractivity contribution < 1.29 is 14.3 Å². The number of aliphatic hydroxyl groups is 1. The Kier molecular flexibility index (Phi) is 6.17. The minimum absolute atomic E-state index is 0.0134. The van der Waals surface area contributed by atoms with Gasteiger partial charge in [-0.15, -0.1) is 0 Å². The first-order chi connectivity index (χ1) is 10.5. The normalized spacial score (nSPS) is 20.0. The van der Waals surface area contributed by atoms with Crippen LogP contribution in [0.15, 0.2) is 18.2 Å². The molecule has 1 aromatic rings. The number of nitrogens with one attached hydrogen (secondary N) is 1. The van der Waals surface area contributed by atoms with Gasteiger partial charge in [0.05, 0.1) is 24.2 Å². The van der Waals surface area contributed by atoms with Crippen molar-refractivity contribution in [1.82, 2.24) is 10.2 Å². The van der Waals surface area contributed by atoms with Gasteiger partial charge in [0.2, 0.25) is 5.91 Å². The highest BCUT2D eigenvalue weighted by Crippen LogP contribution is 2.20. The fraction of sp³-hybridized carbons (Fsp3) is 0.562. The number of hydrogen-bond acceptors (Lipinski definition) is 3. The summed E-state index contributed by atoms with van der Waals surface area (Å²) in [5, 5.41) is 12.5. The average molecular weight is 329 g/mol. The van der Waals surface area contributed by atoms with Crippen molar-refractivity contribution in [3.63, 3.8) is 0 Å². The maximum atomic E-state index is 13.5. The van der Waals surface area contributed by atoms with Gasteiger partial charge in [-0.2, -0.15) is 0 Å². The molecular weight excluding hydrogens is 307 g/mol. The number of carbonyl (C=O) groups excluding carboxylic acids is 1. The van der Waals surface area contributed by atoms with E-state index in [1.165, 1.54) is 12.1 Å². The number of benzene rings is 1. The standard InChI is InChI=1S/C16H22ClFN2O2/c1-11-3-2-6-20(9-11)16(22)8-19-15(10-21)12-4-5-13(17)14(18)7-12/h4-5,7,11,15,19,21H,2-3,6,8-10H2,1H3/t11-,15-/m1/s1. The summed E-state index contributed by atoms with van der Waals surface area (Å²) in [4.78, 5) is 14.0. The molecule has 1 fully saturated rings. The summed E-state index contributed by atoms with van der Waals surface area (Å²) < 4.78 is 13.5. The van der Waals surface area contributed by atoms with Gasteiger partial charge in [0.15, 0.2) is 0 Å². The molecule has 1 aliphatic heterocycles. The maximum absolute atomic E-state index is 13.5.